The first-order chi connectivity index (χ1) is 13.9. The first-order valence-electron chi connectivity index (χ1n) is 10.2. The van der Waals surface area contributed by atoms with Gasteiger partial charge in [0, 0.05) is 36.1 Å². The molecule has 0 aliphatic carbocycles. The summed E-state index contributed by atoms with van der Waals surface area (Å²) in [6.45, 7) is 7.61. The molecule has 0 aromatic heterocycles. The number of carbonyl (C=O) groups is 2. The van der Waals surface area contributed by atoms with Crippen molar-refractivity contribution in [1.29, 1.82) is 0 Å². The quantitative estimate of drug-likeness (QED) is 0.666. The number of rotatable bonds is 5. The van der Waals surface area contributed by atoms with Gasteiger partial charge in [-0.2, -0.15) is 0 Å². The summed E-state index contributed by atoms with van der Waals surface area (Å²) < 4.78 is 13.7. The van der Waals surface area contributed by atoms with Crippen LogP contribution in [0.5, 0.6) is 0 Å². The molecule has 7 heteroatoms. The van der Waals surface area contributed by atoms with E-state index in [0.29, 0.717) is 23.4 Å². The van der Waals surface area contributed by atoms with Gasteiger partial charge in [-0.15, -0.1) is 0 Å². The molecule has 3 aliphatic heterocycles. The van der Waals surface area contributed by atoms with Crippen LogP contribution in [0.25, 0.3) is 5.57 Å². The number of anilines is 1. The highest BCUT2D eigenvalue weighted by molar-refractivity contribution is 6.31. The monoisotopic (exact) mass is 398 g/mol. The smallest absolute Gasteiger partial charge is 0.256 e. The Morgan fingerprint density at radius 1 is 1.34 bits per heavy atom. The van der Waals surface area contributed by atoms with Gasteiger partial charge in [0.05, 0.1) is 11.5 Å². The van der Waals surface area contributed by atoms with Crippen molar-refractivity contribution in [3.63, 3.8) is 0 Å². The van der Waals surface area contributed by atoms with Crippen LogP contribution < -0.4 is 16.0 Å². The second-order valence-electron chi connectivity index (χ2n) is 8.05. The molecule has 1 fully saturated rings. The third-order valence-corrected chi connectivity index (χ3v) is 6.04. The summed E-state index contributed by atoms with van der Waals surface area (Å²) in [5.74, 6) is -0.951. The van der Waals surface area contributed by atoms with E-state index in [1.165, 1.54) is 25.0 Å². The van der Waals surface area contributed by atoms with Gasteiger partial charge in [0.15, 0.2) is 0 Å². The molecule has 6 nitrogen and oxygen atoms in total. The molecular weight excluding hydrogens is 371 g/mol. The number of nitrogens with zero attached hydrogens (tertiary/aromatic N) is 1. The molecule has 0 bridgehead atoms. The molecule has 2 unspecified atom stereocenters. The van der Waals surface area contributed by atoms with Crippen LogP contribution in [0.15, 0.2) is 35.5 Å². The Morgan fingerprint density at radius 3 is 2.86 bits per heavy atom. The lowest BCUT2D eigenvalue weighted by Crippen LogP contribution is -2.41. The highest BCUT2D eigenvalue weighted by atomic mass is 19.1. The van der Waals surface area contributed by atoms with Crippen molar-refractivity contribution < 1.29 is 14.0 Å². The summed E-state index contributed by atoms with van der Waals surface area (Å²) in [6, 6.07) is 4.16. The summed E-state index contributed by atoms with van der Waals surface area (Å²) in [7, 11) is 0. The Balaban J connectivity index is 1.49. The maximum Gasteiger partial charge on any atom is 0.256 e. The Morgan fingerprint density at radius 2 is 2.10 bits per heavy atom. The molecule has 2 amide bonds. The van der Waals surface area contributed by atoms with E-state index in [9.17, 15) is 14.0 Å². The summed E-state index contributed by atoms with van der Waals surface area (Å²) in [5.41, 5.74) is 3.19. The molecule has 1 aromatic rings. The van der Waals surface area contributed by atoms with E-state index in [2.05, 4.69) is 20.9 Å². The second-order valence-corrected chi connectivity index (χ2v) is 8.05. The second kappa shape index (κ2) is 7.99. The number of hydrogen-bond donors (Lipinski definition) is 3. The van der Waals surface area contributed by atoms with E-state index in [0.717, 1.165) is 30.9 Å². The zero-order valence-corrected chi connectivity index (χ0v) is 16.8. The lowest BCUT2D eigenvalue weighted by molar-refractivity contribution is -0.124. The molecule has 1 saturated heterocycles. The number of carbonyl (C=O) groups excluding carboxylic acids is 2. The molecule has 3 aliphatic rings. The number of halogens is 1. The van der Waals surface area contributed by atoms with Crippen LogP contribution in [-0.4, -0.2) is 48.9 Å². The summed E-state index contributed by atoms with van der Waals surface area (Å²) in [4.78, 5) is 27.5. The Kier molecular flexibility index (Phi) is 5.41. The molecule has 4 rings (SSSR count). The maximum absolute atomic E-state index is 13.7. The SMILES string of the molecule is CC1=C(/C=C2\C(=O)Nc3ccc(F)cc32)NC(C)C1C(=O)NCCN1CCCC1. The largest absolute Gasteiger partial charge is 0.381 e. The van der Waals surface area contributed by atoms with Crippen molar-refractivity contribution in [3.05, 3.63) is 46.9 Å². The maximum atomic E-state index is 13.7. The van der Waals surface area contributed by atoms with Gasteiger partial charge < -0.3 is 20.9 Å². The normalized spacial score (nSPS) is 25.3. The van der Waals surface area contributed by atoms with Gasteiger partial charge in [0.2, 0.25) is 5.91 Å². The minimum atomic E-state index is -0.389. The lowest BCUT2D eigenvalue weighted by atomic mass is 9.95. The zero-order valence-electron chi connectivity index (χ0n) is 16.8. The molecule has 0 radical (unpaired) electrons. The van der Waals surface area contributed by atoms with Gasteiger partial charge in [-0.3, -0.25) is 9.59 Å². The Hall–Kier alpha value is -2.67. The fraction of sp³-hybridized carbons (Fsp3) is 0.455. The molecule has 0 spiro atoms. The molecule has 29 heavy (non-hydrogen) atoms. The average Bonchev–Trinajstić information content (AvgIpc) is 3.36. The van der Waals surface area contributed by atoms with E-state index in [1.54, 1.807) is 12.1 Å². The third kappa shape index (κ3) is 3.92. The first-order valence-corrected chi connectivity index (χ1v) is 10.2. The summed E-state index contributed by atoms with van der Waals surface area (Å²) >= 11 is 0. The lowest BCUT2D eigenvalue weighted by Gasteiger charge is -2.19. The molecule has 2 atom stereocenters. The molecule has 0 saturated carbocycles. The molecule has 1 aromatic carbocycles. The van der Waals surface area contributed by atoms with Crippen molar-refractivity contribution in [2.45, 2.75) is 32.7 Å². The standard InChI is InChI=1S/C22H27FN4O2/c1-13-19(12-17-16-11-15(23)5-6-18(16)26-21(17)28)25-14(2)20(13)22(29)24-7-10-27-8-3-4-9-27/h5-6,11-12,14,20,25H,3-4,7-10H2,1-2H3,(H,24,29)(H,26,28)/b17-12-. The van der Waals surface area contributed by atoms with Crippen LogP contribution in [-0.2, 0) is 9.59 Å². The van der Waals surface area contributed by atoms with E-state index in [1.807, 2.05) is 13.8 Å². The van der Waals surface area contributed by atoms with Gasteiger partial charge in [-0.25, -0.2) is 4.39 Å². The molecular formula is C22H27FN4O2. The highest BCUT2D eigenvalue weighted by Crippen LogP contribution is 2.35. The average molecular weight is 398 g/mol. The van der Waals surface area contributed by atoms with Crippen LogP contribution in [0.1, 0.15) is 32.3 Å². The number of amides is 2. The number of likely N-dealkylation sites (tertiary alicyclic amines) is 1. The predicted octanol–water partition coefficient (Wildman–Crippen LogP) is 2.26. The zero-order chi connectivity index (χ0) is 20.5. The number of allylic oxidation sites excluding steroid dienone is 1. The minimum absolute atomic E-state index is 0.00239. The molecule has 154 valence electrons. The highest BCUT2D eigenvalue weighted by Gasteiger charge is 2.35. The van der Waals surface area contributed by atoms with Crippen LogP contribution >= 0.6 is 0 Å². The Bertz CT molecular complexity index is 902. The van der Waals surface area contributed by atoms with Crippen molar-refractivity contribution >= 4 is 23.1 Å². The van der Waals surface area contributed by atoms with Crippen molar-refractivity contribution in [3.8, 4) is 0 Å². The first kappa shape index (κ1) is 19.6. The fourth-order valence-electron chi connectivity index (χ4n) is 4.47. The van der Waals surface area contributed by atoms with Gasteiger partial charge >= 0.3 is 0 Å². The number of fused-ring (bicyclic) bond motifs is 1. The molecule has 3 heterocycles. The van der Waals surface area contributed by atoms with Crippen molar-refractivity contribution in [1.82, 2.24) is 15.5 Å². The van der Waals surface area contributed by atoms with Crippen LogP contribution in [0.4, 0.5) is 10.1 Å². The topological polar surface area (TPSA) is 73.5 Å². The van der Waals surface area contributed by atoms with Crippen molar-refractivity contribution in [2.75, 3.05) is 31.5 Å². The number of nitrogens with one attached hydrogen (secondary N) is 3. The number of hydrogen-bond acceptors (Lipinski definition) is 4. The van der Waals surface area contributed by atoms with Gasteiger partial charge in [-0.05, 0) is 69.6 Å². The van der Waals surface area contributed by atoms with Crippen LogP contribution in [0, 0.1) is 11.7 Å². The van der Waals surface area contributed by atoms with Gasteiger partial charge in [0.1, 0.15) is 5.82 Å². The fourth-order valence-corrected chi connectivity index (χ4v) is 4.47. The van der Waals surface area contributed by atoms with E-state index in [-0.39, 0.29) is 29.6 Å². The minimum Gasteiger partial charge on any atom is -0.381 e. The van der Waals surface area contributed by atoms with Crippen LogP contribution in [0.2, 0.25) is 0 Å². The third-order valence-electron chi connectivity index (χ3n) is 6.04. The van der Waals surface area contributed by atoms with E-state index in [4.69, 9.17) is 0 Å². The predicted molar refractivity (Wildman–Crippen MR) is 110 cm³/mol. The van der Waals surface area contributed by atoms with E-state index < -0.39 is 0 Å². The van der Waals surface area contributed by atoms with Crippen molar-refractivity contribution in [2.24, 2.45) is 5.92 Å². The molecule has 3 N–H and O–H groups in total. The van der Waals surface area contributed by atoms with Gasteiger partial charge in [0.25, 0.3) is 5.91 Å². The van der Waals surface area contributed by atoms with Gasteiger partial charge in [-0.1, -0.05) is 0 Å². The van der Waals surface area contributed by atoms with E-state index >= 15 is 0 Å². The summed E-state index contributed by atoms with van der Waals surface area (Å²) in [6.07, 6.45) is 4.19. The number of benzene rings is 1. The summed E-state index contributed by atoms with van der Waals surface area (Å²) in [5, 5.41) is 9.13. The van der Waals surface area contributed by atoms with Crippen LogP contribution in [0.3, 0.4) is 0 Å². The Labute approximate surface area is 170 Å².